The van der Waals surface area contributed by atoms with Gasteiger partial charge < -0.3 is 5.32 Å². The Bertz CT molecular complexity index is 1760. The summed E-state index contributed by atoms with van der Waals surface area (Å²) in [5.41, 5.74) is 6.46. The third-order valence-electron chi connectivity index (χ3n) is 7.24. The highest BCUT2D eigenvalue weighted by Crippen LogP contribution is 2.34. The highest BCUT2D eigenvalue weighted by Gasteiger charge is 2.17. The topological polar surface area (TPSA) is 62.7 Å². The van der Waals surface area contributed by atoms with Crippen molar-refractivity contribution in [1.82, 2.24) is 25.6 Å². The number of hydrogen-bond acceptors (Lipinski definition) is 5. The predicted octanol–water partition coefficient (Wildman–Crippen LogP) is 7.40. The van der Waals surface area contributed by atoms with E-state index < -0.39 is 0 Å². The summed E-state index contributed by atoms with van der Waals surface area (Å²) >= 11 is 0. The molecule has 0 saturated carbocycles. The van der Waals surface area contributed by atoms with Gasteiger partial charge in [0.2, 0.25) is 0 Å². The summed E-state index contributed by atoms with van der Waals surface area (Å²) < 4.78 is 0. The zero-order valence-electron chi connectivity index (χ0n) is 21.8. The molecule has 0 amide bonds. The Morgan fingerprint density at radius 3 is 1.60 bits per heavy atom. The first-order chi connectivity index (χ1) is 19.8. The molecule has 1 unspecified atom stereocenters. The molecule has 5 aromatic carbocycles. The summed E-state index contributed by atoms with van der Waals surface area (Å²) in [7, 11) is 0. The molecule has 6 aromatic rings. The normalized spacial score (nSPS) is 14.7. The van der Waals surface area contributed by atoms with Crippen molar-refractivity contribution >= 4 is 10.8 Å². The Kier molecular flexibility index (Phi) is 6.32. The van der Waals surface area contributed by atoms with Crippen molar-refractivity contribution in [2.75, 3.05) is 6.54 Å². The van der Waals surface area contributed by atoms with Gasteiger partial charge in [0, 0.05) is 23.2 Å². The average Bonchev–Trinajstić information content (AvgIpc) is 3.05. The van der Waals surface area contributed by atoms with Crippen LogP contribution in [0, 0.1) is 0 Å². The molecular weight excluding hydrogens is 490 g/mol. The molecule has 1 aliphatic rings. The van der Waals surface area contributed by atoms with E-state index in [1.807, 2.05) is 66.9 Å². The van der Waals surface area contributed by atoms with Crippen molar-refractivity contribution in [2.45, 2.75) is 6.17 Å². The molecule has 0 saturated heterocycles. The Morgan fingerprint density at radius 1 is 0.500 bits per heavy atom. The van der Waals surface area contributed by atoms with E-state index >= 15 is 0 Å². The molecule has 5 heteroatoms. The van der Waals surface area contributed by atoms with Crippen LogP contribution in [0.1, 0.15) is 11.7 Å². The zero-order valence-corrected chi connectivity index (χ0v) is 21.8. The molecule has 1 atom stereocenters. The molecule has 2 N–H and O–H groups in total. The van der Waals surface area contributed by atoms with Crippen LogP contribution in [0.5, 0.6) is 0 Å². The second-order valence-electron chi connectivity index (χ2n) is 9.77. The average molecular weight is 518 g/mol. The van der Waals surface area contributed by atoms with Crippen LogP contribution in [0.15, 0.2) is 134 Å². The number of rotatable bonds is 5. The van der Waals surface area contributed by atoms with Crippen LogP contribution in [-0.4, -0.2) is 21.5 Å². The lowest BCUT2D eigenvalue weighted by Gasteiger charge is -2.24. The number of fused-ring (bicyclic) bond motifs is 1. The Morgan fingerprint density at radius 2 is 1.02 bits per heavy atom. The second-order valence-corrected chi connectivity index (χ2v) is 9.77. The maximum atomic E-state index is 4.87. The van der Waals surface area contributed by atoms with Crippen LogP contribution in [0.4, 0.5) is 0 Å². The lowest BCUT2D eigenvalue weighted by Crippen LogP contribution is -2.34. The number of nitrogens with one attached hydrogen (secondary N) is 2. The smallest absolute Gasteiger partial charge is 0.164 e. The summed E-state index contributed by atoms with van der Waals surface area (Å²) in [4.78, 5) is 14.6. The first kappa shape index (κ1) is 23.9. The molecule has 2 heterocycles. The van der Waals surface area contributed by atoms with Gasteiger partial charge in [-0.15, -0.1) is 0 Å². The first-order valence-corrected chi connectivity index (χ1v) is 13.5. The van der Waals surface area contributed by atoms with Gasteiger partial charge in [0.1, 0.15) is 6.17 Å². The van der Waals surface area contributed by atoms with E-state index in [-0.39, 0.29) is 6.17 Å². The van der Waals surface area contributed by atoms with E-state index in [2.05, 4.69) is 77.4 Å². The number of hydrogen-bond donors (Lipinski definition) is 2. The van der Waals surface area contributed by atoms with Crippen molar-refractivity contribution in [3.63, 3.8) is 0 Å². The fourth-order valence-corrected chi connectivity index (χ4v) is 5.23. The third-order valence-corrected chi connectivity index (χ3v) is 7.24. The quantitative estimate of drug-likeness (QED) is 0.250. The molecule has 40 heavy (non-hydrogen) atoms. The van der Waals surface area contributed by atoms with Gasteiger partial charge in [0.15, 0.2) is 17.5 Å². The Labute approximate surface area is 233 Å². The van der Waals surface area contributed by atoms with Crippen molar-refractivity contribution in [3.8, 4) is 45.3 Å². The van der Waals surface area contributed by atoms with Gasteiger partial charge in [0.25, 0.3) is 0 Å². The van der Waals surface area contributed by atoms with Crippen molar-refractivity contribution < 1.29 is 0 Å². The SMILES string of the molecule is C1=CNC(c2ccc(-c3ccc(-c4nc(-c5ccccc5)nc(-c5ccccc5)n4)cc3)c3ccccc23)NC1. The van der Waals surface area contributed by atoms with E-state index in [0.29, 0.717) is 17.5 Å². The highest BCUT2D eigenvalue weighted by molar-refractivity contribution is 5.99. The molecule has 7 rings (SSSR count). The van der Waals surface area contributed by atoms with Crippen LogP contribution < -0.4 is 10.6 Å². The summed E-state index contributed by atoms with van der Waals surface area (Å²) in [5.74, 6) is 1.98. The van der Waals surface area contributed by atoms with E-state index in [1.165, 1.54) is 21.9 Å². The molecule has 5 nitrogen and oxygen atoms in total. The lowest BCUT2D eigenvalue weighted by molar-refractivity contribution is 0.501. The first-order valence-electron chi connectivity index (χ1n) is 13.5. The van der Waals surface area contributed by atoms with Gasteiger partial charge in [-0.1, -0.05) is 127 Å². The maximum Gasteiger partial charge on any atom is 0.164 e. The molecule has 0 aliphatic carbocycles. The standard InChI is InChI=1S/C35H27N5/c1-3-10-25(11-4-1)32-38-33(26-12-5-2-6-13-26)40-34(39-32)27-18-16-24(17-19-27)28-20-21-31(35-36-22-9-23-37-35)30-15-8-7-14-29(28)30/h1-22,35-37H,23H2. The molecule has 192 valence electrons. The Balaban J connectivity index is 1.29. The fourth-order valence-electron chi connectivity index (χ4n) is 5.23. The van der Waals surface area contributed by atoms with E-state index in [9.17, 15) is 0 Å². The number of nitrogens with zero attached hydrogens (tertiary/aromatic N) is 3. The highest BCUT2D eigenvalue weighted by atomic mass is 15.1. The summed E-state index contributed by atoms with van der Waals surface area (Å²) in [6, 6.07) is 41.7. The molecule has 0 radical (unpaired) electrons. The number of aromatic nitrogens is 3. The van der Waals surface area contributed by atoms with Gasteiger partial charge >= 0.3 is 0 Å². The minimum Gasteiger partial charge on any atom is -0.372 e. The van der Waals surface area contributed by atoms with Crippen LogP contribution >= 0.6 is 0 Å². The van der Waals surface area contributed by atoms with Gasteiger partial charge in [-0.3, -0.25) is 5.32 Å². The van der Waals surface area contributed by atoms with Gasteiger partial charge in [-0.2, -0.15) is 0 Å². The zero-order chi connectivity index (χ0) is 26.7. The monoisotopic (exact) mass is 517 g/mol. The summed E-state index contributed by atoms with van der Waals surface area (Å²) in [6.45, 7) is 0.851. The number of benzene rings is 5. The fraction of sp³-hybridized carbons (Fsp3) is 0.0571. The largest absolute Gasteiger partial charge is 0.372 e. The maximum absolute atomic E-state index is 4.87. The predicted molar refractivity (Wildman–Crippen MR) is 162 cm³/mol. The van der Waals surface area contributed by atoms with E-state index in [0.717, 1.165) is 28.8 Å². The minimum atomic E-state index is 0.0905. The minimum absolute atomic E-state index is 0.0905. The summed E-state index contributed by atoms with van der Waals surface area (Å²) in [6.07, 6.45) is 4.20. The van der Waals surface area contributed by atoms with Crippen molar-refractivity contribution in [3.05, 3.63) is 139 Å². The van der Waals surface area contributed by atoms with E-state index in [1.54, 1.807) is 0 Å². The Hall–Kier alpha value is -5.13. The molecule has 0 fully saturated rings. The van der Waals surface area contributed by atoms with E-state index in [4.69, 9.17) is 15.0 Å². The van der Waals surface area contributed by atoms with Gasteiger partial charge in [-0.25, -0.2) is 15.0 Å². The van der Waals surface area contributed by atoms with Gasteiger partial charge in [0.05, 0.1) is 0 Å². The molecule has 0 spiro atoms. The molecule has 0 bridgehead atoms. The van der Waals surface area contributed by atoms with Crippen LogP contribution in [-0.2, 0) is 0 Å². The third kappa shape index (κ3) is 4.64. The molecular formula is C35H27N5. The second kappa shape index (κ2) is 10.6. The van der Waals surface area contributed by atoms with Crippen LogP contribution in [0.3, 0.4) is 0 Å². The molecule has 1 aromatic heterocycles. The van der Waals surface area contributed by atoms with Crippen LogP contribution in [0.2, 0.25) is 0 Å². The molecule has 1 aliphatic heterocycles. The summed E-state index contributed by atoms with van der Waals surface area (Å²) in [5, 5.41) is 9.43. The van der Waals surface area contributed by atoms with Crippen molar-refractivity contribution in [1.29, 1.82) is 0 Å². The lowest BCUT2D eigenvalue weighted by atomic mass is 9.93. The van der Waals surface area contributed by atoms with Crippen molar-refractivity contribution in [2.24, 2.45) is 0 Å². The van der Waals surface area contributed by atoms with Gasteiger partial charge in [-0.05, 0) is 33.7 Å². The van der Waals surface area contributed by atoms with Crippen LogP contribution in [0.25, 0.3) is 56.1 Å².